The molecule has 42 heavy (non-hydrogen) atoms. The first-order chi connectivity index (χ1) is 19.9. The van der Waals surface area contributed by atoms with E-state index < -0.39 is 11.7 Å². The topological polar surface area (TPSA) is 143 Å². The third kappa shape index (κ3) is 6.28. The zero-order chi connectivity index (χ0) is 30.2. The number of aromatic nitrogens is 4. The van der Waals surface area contributed by atoms with E-state index in [9.17, 15) is 22.8 Å². The molecule has 11 nitrogen and oxygen atoms in total. The molecule has 0 bridgehead atoms. The Morgan fingerprint density at radius 2 is 1.76 bits per heavy atom. The number of nitrogens with two attached hydrogens (primary N) is 1. The van der Waals surface area contributed by atoms with Gasteiger partial charge in [-0.15, -0.1) is 0 Å². The van der Waals surface area contributed by atoms with Gasteiger partial charge in [-0.2, -0.15) is 18.2 Å². The number of benzene rings is 1. The highest BCUT2D eigenvalue weighted by Gasteiger charge is 2.33. The van der Waals surface area contributed by atoms with E-state index in [1.807, 2.05) is 4.57 Å². The van der Waals surface area contributed by atoms with Crippen LogP contribution in [0.5, 0.6) is 0 Å². The molecule has 5 rings (SSSR count). The number of carbonyl (C=O) groups is 2. The summed E-state index contributed by atoms with van der Waals surface area (Å²) < 4.78 is 41.7. The van der Waals surface area contributed by atoms with Crippen LogP contribution in [0.4, 0.5) is 35.5 Å². The number of nitrogens with one attached hydrogen (secondary N) is 3. The quantitative estimate of drug-likeness (QED) is 0.289. The van der Waals surface area contributed by atoms with Crippen LogP contribution in [0.2, 0.25) is 10.0 Å². The standard InChI is InChI=1S/C26H30Cl2F3N9O2/c1-33-25(42)39-8-2-3-15(12-39)35-23-34-11-19-22(38-23)40(16-6-4-13(5-7-16)21(32)41)24(36-19)37-20-17(27)9-14(10-18(20)28)26(29,30)31/h9-11,13,15-16H,2-8,12H2,1H3,(H2,32,41)(H,33,42)(H,36,37)(H,34,35,38). The lowest BCUT2D eigenvalue weighted by atomic mass is 9.85. The maximum atomic E-state index is 13.3. The van der Waals surface area contributed by atoms with Crippen molar-refractivity contribution in [2.45, 2.75) is 56.8 Å². The van der Waals surface area contributed by atoms with Crippen molar-refractivity contribution in [3.8, 4) is 0 Å². The number of likely N-dealkylation sites (tertiary alicyclic amines) is 1. The maximum Gasteiger partial charge on any atom is 0.416 e. The van der Waals surface area contributed by atoms with Crippen molar-refractivity contribution in [3.63, 3.8) is 0 Å². The molecule has 1 unspecified atom stereocenters. The highest BCUT2D eigenvalue weighted by Crippen LogP contribution is 2.42. The van der Waals surface area contributed by atoms with E-state index in [2.05, 4.69) is 25.9 Å². The molecule has 0 spiro atoms. The van der Waals surface area contributed by atoms with Crippen molar-refractivity contribution < 1.29 is 22.8 Å². The molecule has 16 heteroatoms. The Kier molecular flexibility index (Phi) is 8.56. The van der Waals surface area contributed by atoms with Gasteiger partial charge in [-0.05, 0) is 50.7 Å². The van der Waals surface area contributed by atoms with E-state index in [0.717, 1.165) is 25.0 Å². The number of piperidine rings is 1. The first-order valence-electron chi connectivity index (χ1n) is 13.5. The van der Waals surface area contributed by atoms with Crippen molar-refractivity contribution in [2.24, 2.45) is 11.7 Å². The van der Waals surface area contributed by atoms with Crippen LogP contribution >= 0.6 is 23.2 Å². The van der Waals surface area contributed by atoms with Gasteiger partial charge in [0.15, 0.2) is 5.65 Å². The van der Waals surface area contributed by atoms with Crippen LogP contribution in [-0.2, 0) is 11.0 Å². The fraction of sp³-hybridized carbons (Fsp3) is 0.500. The number of anilines is 3. The van der Waals surface area contributed by atoms with E-state index in [4.69, 9.17) is 33.9 Å². The zero-order valence-corrected chi connectivity index (χ0v) is 24.2. The molecule has 2 aliphatic rings. The number of urea groups is 1. The van der Waals surface area contributed by atoms with Gasteiger partial charge < -0.3 is 26.6 Å². The maximum absolute atomic E-state index is 13.3. The van der Waals surface area contributed by atoms with Gasteiger partial charge in [-0.25, -0.2) is 14.8 Å². The van der Waals surface area contributed by atoms with Crippen LogP contribution in [0.1, 0.15) is 50.1 Å². The number of carbonyl (C=O) groups excluding carboxylic acids is 2. The van der Waals surface area contributed by atoms with E-state index in [-0.39, 0.29) is 51.6 Å². The molecule has 3 aromatic rings. The Morgan fingerprint density at radius 3 is 2.38 bits per heavy atom. The Labute approximate surface area is 249 Å². The number of alkyl halides is 3. The molecule has 5 N–H and O–H groups in total. The van der Waals surface area contributed by atoms with Crippen LogP contribution in [0.3, 0.4) is 0 Å². The fourth-order valence-electron chi connectivity index (χ4n) is 5.60. The smallest absolute Gasteiger partial charge is 0.369 e. The van der Waals surface area contributed by atoms with Gasteiger partial charge in [0, 0.05) is 38.1 Å². The van der Waals surface area contributed by atoms with Crippen molar-refractivity contribution in [2.75, 3.05) is 30.8 Å². The summed E-state index contributed by atoms with van der Waals surface area (Å²) in [6, 6.07) is 1.22. The van der Waals surface area contributed by atoms with Gasteiger partial charge in [0.05, 0.1) is 27.5 Å². The van der Waals surface area contributed by atoms with Gasteiger partial charge in [0.2, 0.25) is 17.8 Å². The van der Waals surface area contributed by atoms with Crippen LogP contribution in [0.25, 0.3) is 11.2 Å². The molecular weight excluding hydrogens is 598 g/mol. The molecule has 1 saturated heterocycles. The predicted octanol–water partition coefficient (Wildman–Crippen LogP) is 5.33. The summed E-state index contributed by atoms with van der Waals surface area (Å²) >= 11 is 12.5. The van der Waals surface area contributed by atoms with E-state index in [0.29, 0.717) is 55.9 Å². The van der Waals surface area contributed by atoms with Gasteiger partial charge >= 0.3 is 12.2 Å². The molecule has 1 aliphatic carbocycles. The fourth-order valence-corrected chi connectivity index (χ4v) is 6.18. The first-order valence-corrected chi connectivity index (χ1v) is 14.3. The summed E-state index contributed by atoms with van der Waals surface area (Å²) in [5, 5.41) is 8.53. The lowest BCUT2D eigenvalue weighted by Crippen LogP contribution is -2.48. The Balaban J connectivity index is 1.49. The van der Waals surface area contributed by atoms with Crippen LogP contribution < -0.4 is 21.7 Å². The van der Waals surface area contributed by atoms with E-state index in [1.54, 1.807) is 18.1 Å². The van der Waals surface area contributed by atoms with Crippen molar-refractivity contribution in [1.82, 2.24) is 29.7 Å². The molecule has 1 saturated carbocycles. The Hall–Kier alpha value is -3.52. The molecule has 3 amide bonds. The second-order valence-corrected chi connectivity index (χ2v) is 11.4. The number of hydrogen-bond acceptors (Lipinski definition) is 7. The minimum absolute atomic E-state index is 0.0662. The molecule has 1 aliphatic heterocycles. The van der Waals surface area contributed by atoms with Crippen LogP contribution in [0.15, 0.2) is 18.3 Å². The molecule has 1 aromatic carbocycles. The average molecular weight is 628 g/mol. The number of halogens is 5. The summed E-state index contributed by atoms with van der Waals surface area (Å²) in [6.07, 6.45) is 0.893. The number of primary amides is 1. The lowest BCUT2D eigenvalue weighted by molar-refractivity contribution is -0.137. The summed E-state index contributed by atoms with van der Waals surface area (Å²) in [6.45, 7) is 1.14. The normalized spacial score (nSPS) is 21.3. The minimum Gasteiger partial charge on any atom is -0.369 e. The molecule has 2 fully saturated rings. The monoisotopic (exact) mass is 627 g/mol. The number of rotatable bonds is 6. The first kappa shape index (κ1) is 30.0. The van der Waals surface area contributed by atoms with Gasteiger partial charge in [0.25, 0.3) is 0 Å². The number of fused-ring (bicyclic) bond motifs is 1. The van der Waals surface area contributed by atoms with Gasteiger partial charge in [-0.1, -0.05) is 23.2 Å². The molecule has 3 heterocycles. The summed E-state index contributed by atoms with van der Waals surface area (Å²) in [5.74, 6) is 0.0201. The SMILES string of the molecule is CNC(=O)N1CCCC(Nc2ncc3nc(Nc4c(Cl)cc(C(F)(F)F)cc4Cl)n(C4CCC(C(N)=O)CC4)c3n2)C1. The third-order valence-corrected chi connectivity index (χ3v) is 8.36. The number of hydrogen-bond donors (Lipinski definition) is 4. The van der Waals surface area contributed by atoms with Crippen LogP contribution in [0, 0.1) is 5.92 Å². The van der Waals surface area contributed by atoms with Gasteiger partial charge in [-0.3, -0.25) is 9.36 Å². The largest absolute Gasteiger partial charge is 0.416 e. The predicted molar refractivity (Wildman–Crippen MR) is 153 cm³/mol. The molecular formula is C26H30Cl2F3N9O2. The minimum atomic E-state index is -4.62. The molecule has 2 aromatic heterocycles. The second-order valence-electron chi connectivity index (χ2n) is 10.5. The molecule has 0 radical (unpaired) electrons. The summed E-state index contributed by atoms with van der Waals surface area (Å²) in [5.41, 5.74) is 5.56. The van der Waals surface area contributed by atoms with Crippen molar-refractivity contribution in [1.29, 1.82) is 0 Å². The van der Waals surface area contributed by atoms with Crippen LogP contribution in [-0.4, -0.2) is 62.5 Å². The highest BCUT2D eigenvalue weighted by atomic mass is 35.5. The summed E-state index contributed by atoms with van der Waals surface area (Å²) in [4.78, 5) is 39.4. The number of imidazole rings is 1. The Bertz CT molecular complexity index is 1470. The summed E-state index contributed by atoms with van der Waals surface area (Å²) in [7, 11) is 1.59. The van der Waals surface area contributed by atoms with Gasteiger partial charge in [0.1, 0.15) is 5.52 Å². The second kappa shape index (κ2) is 12.0. The highest BCUT2D eigenvalue weighted by molar-refractivity contribution is 6.39. The molecule has 226 valence electrons. The number of nitrogens with zero attached hydrogens (tertiary/aromatic N) is 5. The Morgan fingerprint density at radius 1 is 1.07 bits per heavy atom. The van der Waals surface area contributed by atoms with Crippen molar-refractivity contribution >= 4 is 63.9 Å². The average Bonchev–Trinajstić information content (AvgIpc) is 3.31. The van der Waals surface area contributed by atoms with E-state index >= 15 is 0 Å². The van der Waals surface area contributed by atoms with E-state index in [1.165, 1.54) is 0 Å². The zero-order valence-electron chi connectivity index (χ0n) is 22.6. The third-order valence-electron chi connectivity index (χ3n) is 7.76. The molecule has 1 atom stereocenters. The number of amides is 3. The lowest BCUT2D eigenvalue weighted by Gasteiger charge is -2.32. The van der Waals surface area contributed by atoms with Crippen molar-refractivity contribution in [3.05, 3.63) is 33.9 Å².